The third kappa shape index (κ3) is 3.96. The molecule has 3 N–H and O–H groups in total. The monoisotopic (exact) mass is 356 g/mol. The van der Waals surface area contributed by atoms with Crippen LogP contribution in [0.1, 0.15) is 15.9 Å². The topological polar surface area (TPSA) is 55.1 Å². The molecule has 0 saturated heterocycles. The number of nitrogens with two attached hydrogens (primary N) is 1. The van der Waals surface area contributed by atoms with E-state index in [1.165, 1.54) is 16.9 Å². The Bertz CT molecular complexity index is 828. The van der Waals surface area contributed by atoms with Gasteiger partial charge >= 0.3 is 0 Å². The maximum atomic E-state index is 12.3. The lowest BCUT2D eigenvalue weighted by Crippen LogP contribution is -2.25. The predicted molar refractivity (Wildman–Crippen MR) is 102 cm³/mol. The summed E-state index contributed by atoms with van der Waals surface area (Å²) in [6.07, 6.45) is 0.792. The van der Waals surface area contributed by atoms with Gasteiger partial charge in [0.15, 0.2) is 0 Å². The van der Waals surface area contributed by atoms with Gasteiger partial charge in [-0.3, -0.25) is 4.79 Å². The number of hydrogen-bond donors (Lipinski definition) is 2. The summed E-state index contributed by atoms with van der Waals surface area (Å²) in [5, 5.41) is 4.14. The van der Waals surface area contributed by atoms with E-state index in [-0.39, 0.29) is 5.91 Å². The normalized spacial score (nSPS) is 10.5. The van der Waals surface area contributed by atoms with Crippen molar-refractivity contribution in [1.29, 1.82) is 0 Å². The average Bonchev–Trinajstić information content (AvgIpc) is 2.98. The van der Waals surface area contributed by atoms with Crippen molar-refractivity contribution in [3.05, 3.63) is 76.8 Å². The highest BCUT2D eigenvalue weighted by molar-refractivity contribution is 7.19. The van der Waals surface area contributed by atoms with E-state index in [4.69, 9.17) is 17.3 Å². The van der Waals surface area contributed by atoms with E-state index in [0.29, 0.717) is 22.1 Å². The zero-order valence-corrected chi connectivity index (χ0v) is 14.5. The molecule has 1 heterocycles. The molecule has 0 aliphatic carbocycles. The molecular weight excluding hydrogens is 340 g/mol. The minimum Gasteiger partial charge on any atom is -0.390 e. The number of nitrogens with one attached hydrogen (secondary N) is 1. The van der Waals surface area contributed by atoms with E-state index in [2.05, 4.69) is 5.32 Å². The second kappa shape index (κ2) is 7.51. The van der Waals surface area contributed by atoms with Crippen LogP contribution in [0.4, 0.5) is 5.00 Å². The molecule has 3 rings (SSSR count). The van der Waals surface area contributed by atoms with E-state index in [9.17, 15) is 4.79 Å². The van der Waals surface area contributed by atoms with Crippen LogP contribution < -0.4 is 11.1 Å². The van der Waals surface area contributed by atoms with Crippen molar-refractivity contribution in [3.63, 3.8) is 0 Å². The summed E-state index contributed by atoms with van der Waals surface area (Å²) in [4.78, 5) is 13.3. The van der Waals surface area contributed by atoms with Gasteiger partial charge in [0.2, 0.25) is 0 Å². The maximum absolute atomic E-state index is 12.3. The van der Waals surface area contributed by atoms with Gasteiger partial charge in [0.1, 0.15) is 0 Å². The molecule has 0 unspecified atom stereocenters. The Morgan fingerprint density at radius 1 is 1.08 bits per heavy atom. The number of rotatable bonds is 5. The molecule has 1 aromatic heterocycles. The quantitative estimate of drug-likeness (QED) is 0.700. The van der Waals surface area contributed by atoms with Crippen molar-refractivity contribution in [3.8, 4) is 10.4 Å². The highest BCUT2D eigenvalue weighted by atomic mass is 35.5. The molecule has 0 atom stereocenters. The van der Waals surface area contributed by atoms with Gasteiger partial charge in [0, 0.05) is 16.4 Å². The van der Waals surface area contributed by atoms with Crippen molar-refractivity contribution in [2.24, 2.45) is 0 Å². The number of amides is 1. The molecule has 0 fully saturated rings. The van der Waals surface area contributed by atoms with Gasteiger partial charge in [0.25, 0.3) is 5.91 Å². The SMILES string of the molecule is Nc1sc(-c2ccc(Cl)cc2)cc1C(=O)NCCc1ccccc1. The molecule has 24 heavy (non-hydrogen) atoms. The van der Waals surface area contributed by atoms with Crippen LogP contribution in [-0.4, -0.2) is 12.5 Å². The molecule has 2 aromatic carbocycles. The van der Waals surface area contributed by atoms with Crippen molar-refractivity contribution in [2.45, 2.75) is 6.42 Å². The van der Waals surface area contributed by atoms with Crippen molar-refractivity contribution < 1.29 is 4.79 Å². The summed E-state index contributed by atoms with van der Waals surface area (Å²) >= 11 is 7.31. The van der Waals surface area contributed by atoms with Crippen LogP contribution in [0.5, 0.6) is 0 Å². The van der Waals surface area contributed by atoms with E-state index in [1.54, 1.807) is 0 Å². The minimum absolute atomic E-state index is 0.139. The second-order valence-electron chi connectivity index (χ2n) is 5.39. The number of hydrogen-bond acceptors (Lipinski definition) is 3. The molecule has 0 aliphatic rings. The van der Waals surface area contributed by atoms with Crippen LogP contribution in [-0.2, 0) is 6.42 Å². The molecular formula is C19H17ClN2OS. The number of halogens is 1. The Balaban J connectivity index is 1.66. The zero-order chi connectivity index (χ0) is 16.9. The fourth-order valence-corrected chi connectivity index (χ4v) is 3.45. The number of carbonyl (C=O) groups is 1. The first kappa shape index (κ1) is 16.6. The van der Waals surface area contributed by atoms with Crippen LogP contribution in [0.15, 0.2) is 60.7 Å². The fourth-order valence-electron chi connectivity index (χ4n) is 2.40. The van der Waals surface area contributed by atoms with Gasteiger partial charge in [0.05, 0.1) is 10.6 Å². The van der Waals surface area contributed by atoms with Crippen molar-refractivity contribution in [2.75, 3.05) is 12.3 Å². The van der Waals surface area contributed by atoms with Crippen molar-refractivity contribution >= 4 is 33.8 Å². The van der Waals surface area contributed by atoms with Crippen LogP contribution >= 0.6 is 22.9 Å². The van der Waals surface area contributed by atoms with E-state index >= 15 is 0 Å². The summed E-state index contributed by atoms with van der Waals surface area (Å²) in [7, 11) is 0. The lowest BCUT2D eigenvalue weighted by Gasteiger charge is -2.04. The third-order valence-corrected chi connectivity index (χ3v) is 4.94. The first-order valence-electron chi connectivity index (χ1n) is 7.61. The fraction of sp³-hybridized carbons (Fsp3) is 0.105. The van der Waals surface area contributed by atoms with Gasteiger partial charge in [-0.05, 0) is 35.7 Å². The Labute approximate surface area is 150 Å². The van der Waals surface area contributed by atoms with Gasteiger partial charge in [-0.25, -0.2) is 0 Å². The summed E-state index contributed by atoms with van der Waals surface area (Å²) < 4.78 is 0. The Kier molecular flexibility index (Phi) is 5.18. The predicted octanol–water partition coefficient (Wildman–Crippen LogP) is 4.62. The van der Waals surface area contributed by atoms with E-state index in [1.807, 2.05) is 60.7 Å². The molecule has 0 bridgehead atoms. The Hall–Kier alpha value is -2.30. The molecule has 0 aliphatic heterocycles. The largest absolute Gasteiger partial charge is 0.390 e. The lowest BCUT2D eigenvalue weighted by atomic mass is 10.1. The van der Waals surface area contributed by atoms with E-state index in [0.717, 1.165) is 16.9 Å². The smallest absolute Gasteiger partial charge is 0.254 e. The minimum atomic E-state index is -0.139. The standard InChI is InChI=1S/C19H17ClN2OS/c20-15-8-6-14(7-9-15)17-12-16(18(21)24-17)19(23)22-11-10-13-4-2-1-3-5-13/h1-9,12H,10-11,21H2,(H,22,23). The summed E-state index contributed by atoms with van der Waals surface area (Å²) in [6, 6.07) is 19.4. The van der Waals surface area contributed by atoms with Crippen LogP contribution in [0.2, 0.25) is 5.02 Å². The molecule has 3 nitrogen and oxygen atoms in total. The molecule has 0 radical (unpaired) electrons. The lowest BCUT2D eigenvalue weighted by molar-refractivity contribution is 0.0955. The average molecular weight is 357 g/mol. The maximum Gasteiger partial charge on any atom is 0.254 e. The van der Waals surface area contributed by atoms with Gasteiger partial charge < -0.3 is 11.1 Å². The molecule has 0 spiro atoms. The van der Waals surface area contributed by atoms with Crippen LogP contribution in [0.3, 0.4) is 0 Å². The molecule has 122 valence electrons. The molecule has 3 aromatic rings. The molecule has 0 saturated carbocycles. The summed E-state index contributed by atoms with van der Waals surface area (Å²) in [6.45, 7) is 0.578. The Morgan fingerprint density at radius 3 is 2.50 bits per heavy atom. The zero-order valence-electron chi connectivity index (χ0n) is 13.0. The molecule has 5 heteroatoms. The van der Waals surface area contributed by atoms with Gasteiger partial charge in [-0.2, -0.15) is 0 Å². The van der Waals surface area contributed by atoms with Crippen LogP contribution in [0, 0.1) is 0 Å². The first-order chi connectivity index (χ1) is 11.6. The van der Waals surface area contributed by atoms with Crippen molar-refractivity contribution in [1.82, 2.24) is 5.32 Å². The number of benzene rings is 2. The summed E-state index contributed by atoms with van der Waals surface area (Å²) in [5.74, 6) is -0.139. The highest BCUT2D eigenvalue weighted by Gasteiger charge is 2.14. The summed E-state index contributed by atoms with van der Waals surface area (Å²) in [5.41, 5.74) is 8.74. The number of nitrogen functional groups attached to an aromatic ring is 1. The Morgan fingerprint density at radius 2 is 1.79 bits per heavy atom. The second-order valence-corrected chi connectivity index (χ2v) is 6.91. The number of carbonyl (C=O) groups excluding carboxylic acids is 1. The van der Waals surface area contributed by atoms with Crippen LogP contribution in [0.25, 0.3) is 10.4 Å². The number of thiophene rings is 1. The molecule has 1 amide bonds. The van der Waals surface area contributed by atoms with Gasteiger partial charge in [-0.15, -0.1) is 11.3 Å². The number of anilines is 1. The van der Waals surface area contributed by atoms with E-state index < -0.39 is 0 Å². The third-order valence-electron chi connectivity index (χ3n) is 3.68. The first-order valence-corrected chi connectivity index (χ1v) is 8.80. The van der Waals surface area contributed by atoms with Gasteiger partial charge in [-0.1, -0.05) is 54.1 Å². The highest BCUT2D eigenvalue weighted by Crippen LogP contribution is 2.33.